The Morgan fingerprint density at radius 2 is 1.72 bits per heavy atom. The molecule has 0 spiro atoms. The van der Waals surface area contributed by atoms with Crippen LogP contribution in [0.3, 0.4) is 0 Å². The number of ether oxygens (including phenoxy) is 6. The maximum absolute atomic E-state index is 13.3. The Hall–Kier alpha value is -4.16. The van der Waals surface area contributed by atoms with Gasteiger partial charge in [0, 0.05) is 33.3 Å². The molecule has 3 aromatic carbocycles. The van der Waals surface area contributed by atoms with E-state index in [4.69, 9.17) is 28.4 Å². The minimum absolute atomic E-state index is 0.0337. The smallest absolute Gasteiger partial charge is 0.410 e. The third-order valence-electron chi connectivity index (χ3n) is 9.09. The Morgan fingerprint density at radius 1 is 0.940 bits per heavy atom. The first-order valence-corrected chi connectivity index (χ1v) is 17.3. The Kier molecular flexibility index (Phi) is 13.5. The van der Waals surface area contributed by atoms with E-state index in [0.29, 0.717) is 13.2 Å². The number of nitrogens with zero attached hydrogens (tertiary/aromatic N) is 2. The summed E-state index contributed by atoms with van der Waals surface area (Å²) in [5.41, 5.74) is 4.55. The first-order chi connectivity index (χ1) is 24.3. The van der Waals surface area contributed by atoms with Gasteiger partial charge < -0.3 is 43.3 Å². The Labute approximate surface area is 295 Å². The van der Waals surface area contributed by atoms with Gasteiger partial charge in [0.15, 0.2) is 0 Å². The van der Waals surface area contributed by atoms with Crippen molar-refractivity contribution in [1.29, 1.82) is 0 Å². The van der Waals surface area contributed by atoms with Crippen molar-refractivity contribution in [3.63, 3.8) is 0 Å². The van der Waals surface area contributed by atoms with E-state index < -0.39 is 36.3 Å². The second-order valence-corrected chi connectivity index (χ2v) is 13.1. The number of hydrogen-bond donors (Lipinski definition) is 1. The van der Waals surface area contributed by atoms with Crippen molar-refractivity contribution >= 4 is 17.7 Å². The molecule has 2 aliphatic heterocycles. The Morgan fingerprint density at radius 3 is 2.44 bits per heavy atom. The average Bonchev–Trinajstić information content (AvgIpc) is 3.12. The molecule has 4 atom stereocenters. The van der Waals surface area contributed by atoms with Gasteiger partial charge >= 0.3 is 12.1 Å². The number of anilines is 1. The number of piperidine rings is 1. The lowest BCUT2D eigenvalue weighted by Gasteiger charge is -2.41. The maximum Gasteiger partial charge on any atom is 0.410 e. The van der Waals surface area contributed by atoms with E-state index in [1.807, 2.05) is 80.6 Å². The number of carbonyl (C=O) groups is 2. The topological polar surface area (TPSA) is 116 Å². The van der Waals surface area contributed by atoms with Gasteiger partial charge in [-0.3, -0.25) is 0 Å². The molecule has 11 nitrogen and oxygen atoms in total. The molecular weight excluding hydrogens is 640 g/mol. The second-order valence-electron chi connectivity index (χ2n) is 13.1. The molecule has 11 heteroatoms. The lowest BCUT2D eigenvalue weighted by atomic mass is 9.84. The standard InChI is InChI=1S/C39H50N2O9/c1-27(2)38(50-36(43)26-46-4)31-14-12-30(13-15-31)37-33(42)22-41(39(44)49-24-28-9-6-5-7-10-28)23-35(37)48-25-29-11-16-34-32(21-29)40(18-20-47-34)17-8-19-45-3/h5-7,9-16,21,27,33,35,37-38,42H,8,17-20,22-26H2,1-4H3. The highest BCUT2D eigenvalue weighted by Crippen LogP contribution is 2.36. The number of amides is 1. The van der Waals surface area contributed by atoms with Gasteiger partial charge in [-0.15, -0.1) is 0 Å². The molecule has 2 aliphatic rings. The van der Waals surface area contributed by atoms with Gasteiger partial charge in [-0.2, -0.15) is 0 Å². The summed E-state index contributed by atoms with van der Waals surface area (Å²) in [5, 5.41) is 11.6. The predicted octanol–water partition coefficient (Wildman–Crippen LogP) is 5.49. The van der Waals surface area contributed by atoms with Crippen LogP contribution >= 0.6 is 0 Å². The monoisotopic (exact) mass is 690 g/mol. The normalized spacial score (nSPS) is 19.4. The van der Waals surface area contributed by atoms with Gasteiger partial charge in [-0.25, -0.2) is 9.59 Å². The van der Waals surface area contributed by atoms with Crippen LogP contribution in [0.15, 0.2) is 72.8 Å². The number of aliphatic hydroxyl groups is 1. The van der Waals surface area contributed by atoms with Gasteiger partial charge in [0.05, 0.1) is 44.1 Å². The number of fused-ring (bicyclic) bond motifs is 1. The van der Waals surface area contributed by atoms with E-state index in [1.165, 1.54) is 12.0 Å². The number of esters is 1. The fourth-order valence-electron chi connectivity index (χ4n) is 6.58. The molecule has 5 rings (SSSR count). The van der Waals surface area contributed by atoms with Crippen LogP contribution < -0.4 is 9.64 Å². The zero-order valence-corrected chi connectivity index (χ0v) is 29.5. The highest BCUT2D eigenvalue weighted by molar-refractivity contribution is 5.71. The summed E-state index contributed by atoms with van der Waals surface area (Å²) in [6, 6.07) is 23.3. The molecule has 4 unspecified atom stereocenters. The lowest BCUT2D eigenvalue weighted by molar-refractivity contribution is -0.156. The highest BCUT2D eigenvalue weighted by atomic mass is 16.6. The second kappa shape index (κ2) is 18.2. The number of hydrogen-bond acceptors (Lipinski definition) is 10. The first kappa shape index (κ1) is 37.1. The van der Waals surface area contributed by atoms with Crippen LogP contribution in [-0.2, 0) is 41.7 Å². The summed E-state index contributed by atoms with van der Waals surface area (Å²) in [4.78, 5) is 29.3. The van der Waals surface area contributed by atoms with E-state index >= 15 is 0 Å². The number of aliphatic hydroxyl groups excluding tert-OH is 1. The Bertz CT molecular complexity index is 1520. The zero-order valence-electron chi connectivity index (χ0n) is 29.5. The van der Waals surface area contributed by atoms with Crippen molar-refractivity contribution in [3.8, 4) is 5.75 Å². The van der Waals surface area contributed by atoms with Crippen LogP contribution in [-0.4, -0.2) is 94.5 Å². The number of β-amino-alcohol motifs (C(OH)–C–C–N with tert-alkyl or cyclic N) is 1. The molecule has 0 saturated carbocycles. The summed E-state index contributed by atoms with van der Waals surface area (Å²) < 4.78 is 34.1. The molecule has 1 amide bonds. The lowest BCUT2D eigenvalue weighted by Crippen LogP contribution is -2.53. The van der Waals surface area contributed by atoms with Crippen molar-refractivity contribution < 1.29 is 43.1 Å². The SMILES string of the molecule is COCCCN1CCOc2ccc(COC3CN(C(=O)OCc4ccccc4)CC(O)C3c3ccc(C(OC(=O)COC)C(C)C)cc3)cc21. The summed E-state index contributed by atoms with van der Waals surface area (Å²) in [6.07, 6.45) is -1.52. The van der Waals surface area contributed by atoms with Crippen molar-refractivity contribution in [2.45, 2.75) is 57.7 Å². The largest absolute Gasteiger partial charge is 0.490 e. The van der Waals surface area contributed by atoms with Crippen molar-refractivity contribution in [3.05, 3.63) is 95.1 Å². The van der Waals surface area contributed by atoms with Gasteiger partial charge in [-0.05, 0) is 46.7 Å². The molecule has 270 valence electrons. The summed E-state index contributed by atoms with van der Waals surface area (Å²) >= 11 is 0. The van der Waals surface area contributed by atoms with Crippen LogP contribution in [0, 0.1) is 5.92 Å². The molecule has 0 aliphatic carbocycles. The third kappa shape index (κ3) is 9.75. The summed E-state index contributed by atoms with van der Waals surface area (Å²) in [7, 11) is 3.16. The van der Waals surface area contributed by atoms with Gasteiger partial charge in [-0.1, -0.05) is 74.5 Å². The van der Waals surface area contributed by atoms with Crippen molar-refractivity contribution in [2.24, 2.45) is 5.92 Å². The molecule has 3 aromatic rings. The van der Waals surface area contributed by atoms with Gasteiger partial charge in [0.25, 0.3) is 0 Å². The van der Waals surface area contributed by atoms with Crippen LogP contribution in [0.25, 0.3) is 0 Å². The Balaban J connectivity index is 1.35. The molecule has 0 radical (unpaired) electrons. The van der Waals surface area contributed by atoms with Crippen LogP contribution in [0.4, 0.5) is 10.5 Å². The minimum Gasteiger partial charge on any atom is -0.490 e. The minimum atomic E-state index is -0.919. The molecule has 1 N–H and O–H groups in total. The van der Waals surface area contributed by atoms with E-state index in [9.17, 15) is 14.7 Å². The van der Waals surface area contributed by atoms with Gasteiger partial charge in [0.1, 0.15) is 31.7 Å². The van der Waals surface area contributed by atoms with Crippen LogP contribution in [0.5, 0.6) is 5.75 Å². The molecule has 0 bridgehead atoms. The summed E-state index contributed by atoms with van der Waals surface area (Å²) in [5.74, 6) is 0.00888. The van der Waals surface area contributed by atoms with E-state index in [2.05, 4.69) is 11.0 Å². The highest BCUT2D eigenvalue weighted by Gasteiger charge is 2.40. The fraction of sp³-hybridized carbons (Fsp3) is 0.487. The maximum atomic E-state index is 13.3. The van der Waals surface area contributed by atoms with E-state index in [0.717, 1.165) is 53.2 Å². The number of carbonyl (C=O) groups excluding carboxylic acids is 2. The predicted molar refractivity (Wildman–Crippen MR) is 188 cm³/mol. The van der Waals surface area contributed by atoms with Crippen LogP contribution in [0.2, 0.25) is 0 Å². The third-order valence-corrected chi connectivity index (χ3v) is 9.09. The quantitative estimate of drug-likeness (QED) is 0.162. The number of benzene rings is 3. The fourth-order valence-corrected chi connectivity index (χ4v) is 6.58. The average molecular weight is 691 g/mol. The molecule has 1 saturated heterocycles. The summed E-state index contributed by atoms with van der Waals surface area (Å²) in [6.45, 7) is 7.53. The molecule has 50 heavy (non-hydrogen) atoms. The number of likely N-dealkylation sites (tertiary alicyclic amines) is 1. The molecular formula is C39H50N2O9. The van der Waals surface area contributed by atoms with Crippen molar-refractivity contribution in [2.75, 3.05) is 65.1 Å². The van der Waals surface area contributed by atoms with E-state index in [1.54, 1.807) is 7.11 Å². The number of rotatable bonds is 15. The van der Waals surface area contributed by atoms with Crippen LogP contribution in [0.1, 0.15) is 54.5 Å². The van der Waals surface area contributed by atoms with E-state index in [-0.39, 0.29) is 38.8 Å². The van der Waals surface area contributed by atoms with Crippen molar-refractivity contribution in [1.82, 2.24) is 4.90 Å². The zero-order chi connectivity index (χ0) is 35.5. The van der Waals surface area contributed by atoms with Gasteiger partial charge in [0.2, 0.25) is 0 Å². The molecule has 0 aromatic heterocycles. The molecule has 2 heterocycles. The molecule has 1 fully saturated rings. The first-order valence-electron chi connectivity index (χ1n) is 17.3. The number of methoxy groups -OCH3 is 2.